The van der Waals surface area contributed by atoms with Crippen LogP contribution in [0.5, 0.6) is 0 Å². The summed E-state index contributed by atoms with van der Waals surface area (Å²) in [6, 6.07) is 6.47. The van der Waals surface area contributed by atoms with E-state index in [0.717, 1.165) is 18.4 Å². The fraction of sp³-hybridized carbons (Fsp3) is 0.467. The number of benzene rings is 1. The second kappa shape index (κ2) is 5.91. The number of hydrogen-bond acceptors (Lipinski definition) is 5. The highest BCUT2D eigenvalue weighted by molar-refractivity contribution is 5.32. The second-order valence-corrected chi connectivity index (χ2v) is 5.15. The summed E-state index contributed by atoms with van der Waals surface area (Å²) >= 11 is 0. The average molecular weight is 292 g/mol. The minimum Gasteiger partial charge on any atom is -0.381 e. The molecule has 0 N–H and O–H groups in total. The van der Waals surface area contributed by atoms with Crippen LogP contribution in [0, 0.1) is 5.82 Å². The molecule has 112 valence electrons. The molecule has 2 aromatic rings. The summed E-state index contributed by atoms with van der Waals surface area (Å²) in [6.45, 7) is 1.53. The minimum atomic E-state index is -0.412. The topological polar surface area (TPSA) is 57.4 Å². The van der Waals surface area contributed by atoms with Gasteiger partial charge in [0.15, 0.2) is 5.82 Å². The lowest BCUT2D eigenvalue weighted by molar-refractivity contribution is 0.0523. The average Bonchev–Trinajstić information content (AvgIpc) is 2.98. The standard InChI is InChI=1S/C15H17FN2O3/c1-19-10-13-17-14(21-18-13)15(6-8-20-9-7-15)11-2-4-12(16)5-3-11/h2-5H,6-10H2,1H3. The van der Waals surface area contributed by atoms with Gasteiger partial charge >= 0.3 is 0 Å². The Morgan fingerprint density at radius 1 is 1.24 bits per heavy atom. The first kappa shape index (κ1) is 14.2. The van der Waals surface area contributed by atoms with Crippen molar-refractivity contribution in [3.05, 3.63) is 47.4 Å². The van der Waals surface area contributed by atoms with Gasteiger partial charge in [-0.3, -0.25) is 0 Å². The molecule has 5 nitrogen and oxygen atoms in total. The van der Waals surface area contributed by atoms with Gasteiger partial charge in [-0.1, -0.05) is 17.3 Å². The summed E-state index contributed by atoms with van der Waals surface area (Å²) in [5.41, 5.74) is 0.560. The number of halogens is 1. The lowest BCUT2D eigenvalue weighted by Crippen LogP contribution is -2.35. The van der Waals surface area contributed by atoms with Crippen LogP contribution < -0.4 is 0 Å². The monoisotopic (exact) mass is 292 g/mol. The van der Waals surface area contributed by atoms with Crippen LogP contribution in [-0.4, -0.2) is 30.5 Å². The van der Waals surface area contributed by atoms with E-state index >= 15 is 0 Å². The zero-order valence-electron chi connectivity index (χ0n) is 11.8. The smallest absolute Gasteiger partial charge is 0.237 e. The predicted octanol–water partition coefficient (Wildman–Crippen LogP) is 2.45. The first-order chi connectivity index (χ1) is 10.2. The van der Waals surface area contributed by atoms with E-state index in [1.165, 1.54) is 12.1 Å². The van der Waals surface area contributed by atoms with Gasteiger partial charge in [-0.2, -0.15) is 4.98 Å². The molecule has 0 saturated carbocycles. The summed E-state index contributed by atoms with van der Waals surface area (Å²) in [5.74, 6) is 0.802. The van der Waals surface area contributed by atoms with Crippen molar-refractivity contribution in [1.82, 2.24) is 10.1 Å². The molecular weight excluding hydrogens is 275 g/mol. The van der Waals surface area contributed by atoms with Crippen molar-refractivity contribution in [2.24, 2.45) is 0 Å². The van der Waals surface area contributed by atoms with Crippen molar-refractivity contribution in [1.29, 1.82) is 0 Å². The fourth-order valence-electron chi connectivity index (χ4n) is 2.75. The molecule has 1 aromatic carbocycles. The Kier molecular flexibility index (Phi) is 3.98. The van der Waals surface area contributed by atoms with Crippen LogP contribution in [0.1, 0.15) is 30.1 Å². The largest absolute Gasteiger partial charge is 0.381 e. The van der Waals surface area contributed by atoms with E-state index in [4.69, 9.17) is 14.0 Å². The van der Waals surface area contributed by atoms with Gasteiger partial charge in [-0.15, -0.1) is 0 Å². The lowest BCUT2D eigenvalue weighted by atomic mass is 9.74. The molecule has 0 spiro atoms. The predicted molar refractivity (Wildman–Crippen MR) is 72.2 cm³/mol. The maximum absolute atomic E-state index is 13.2. The Morgan fingerprint density at radius 2 is 1.95 bits per heavy atom. The van der Waals surface area contributed by atoms with Crippen molar-refractivity contribution < 1.29 is 18.4 Å². The molecule has 0 amide bonds. The second-order valence-electron chi connectivity index (χ2n) is 5.15. The first-order valence-corrected chi connectivity index (χ1v) is 6.90. The van der Waals surface area contributed by atoms with Gasteiger partial charge in [-0.25, -0.2) is 4.39 Å². The quantitative estimate of drug-likeness (QED) is 0.866. The van der Waals surface area contributed by atoms with E-state index in [0.29, 0.717) is 31.5 Å². The minimum absolute atomic E-state index is 0.258. The van der Waals surface area contributed by atoms with E-state index in [2.05, 4.69) is 10.1 Å². The molecule has 1 saturated heterocycles. The fourth-order valence-corrected chi connectivity index (χ4v) is 2.75. The van der Waals surface area contributed by atoms with Crippen molar-refractivity contribution in [3.63, 3.8) is 0 Å². The number of rotatable bonds is 4. The molecule has 0 radical (unpaired) electrons. The summed E-state index contributed by atoms with van der Waals surface area (Å²) in [6.07, 6.45) is 1.46. The summed E-state index contributed by atoms with van der Waals surface area (Å²) in [7, 11) is 1.58. The zero-order chi connectivity index (χ0) is 14.7. The molecule has 1 aliphatic rings. The molecule has 1 fully saturated rings. The summed E-state index contributed by atoms with van der Waals surface area (Å²) < 4.78 is 29.1. The molecule has 2 heterocycles. The van der Waals surface area contributed by atoms with E-state index in [9.17, 15) is 4.39 Å². The third-order valence-electron chi connectivity index (χ3n) is 3.89. The molecule has 21 heavy (non-hydrogen) atoms. The van der Waals surface area contributed by atoms with Crippen molar-refractivity contribution >= 4 is 0 Å². The van der Waals surface area contributed by atoms with Crippen LogP contribution in [0.3, 0.4) is 0 Å². The van der Waals surface area contributed by atoms with Gasteiger partial charge in [0.2, 0.25) is 5.89 Å². The Balaban J connectivity index is 2.01. The van der Waals surface area contributed by atoms with Crippen LogP contribution >= 0.6 is 0 Å². The van der Waals surface area contributed by atoms with Gasteiger partial charge in [0.25, 0.3) is 0 Å². The highest BCUT2D eigenvalue weighted by Crippen LogP contribution is 2.40. The molecule has 3 rings (SSSR count). The third-order valence-corrected chi connectivity index (χ3v) is 3.89. The molecule has 0 unspecified atom stereocenters. The van der Waals surface area contributed by atoms with E-state index in [1.807, 2.05) is 0 Å². The third kappa shape index (κ3) is 2.69. The van der Waals surface area contributed by atoms with Crippen LogP contribution in [0.15, 0.2) is 28.8 Å². The van der Waals surface area contributed by atoms with Crippen LogP contribution in [-0.2, 0) is 21.5 Å². The van der Waals surface area contributed by atoms with Crippen molar-refractivity contribution in [3.8, 4) is 0 Å². The lowest BCUT2D eigenvalue weighted by Gasteiger charge is -2.34. The number of aromatic nitrogens is 2. The first-order valence-electron chi connectivity index (χ1n) is 6.90. The van der Waals surface area contributed by atoms with Gasteiger partial charge < -0.3 is 14.0 Å². The number of hydrogen-bond donors (Lipinski definition) is 0. The molecule has 6 heteroatoms. The van der Waals surface area contributed by atoms with E-state index in [1.54, 1.807) is 19.2 Å². The van der Waals surface area contributed by atoms with Gasteiger partial charge in [0, 0.05) is 20.3 Å². The van der Waals surface area contributed by atoms with Gasteiger partial charge in [-0.05, 0) is 30.5 Å². The zero-order valence-corrected chi connectivity index (χ0v) is 11.8. The maximum Gasteiger partial charge on any atom is 0.237 e. The Bertz CT molecular complexity index is 591. The van der Waals surface area contributed by atoms with Crippen molar-refractivity contribution in [2.45, 2.75) is 24.9 Å². The molecule has 0 bridgehead atoms. The molecule has 0 aliphatic carbocycles. The van der Waals surface area contributed by atoms with Gasteiger partial charge in [0.1, 0.15) is 12.4 Å². The van der Waals surface area contributed by atoms with Crippen molar-refractivity contribution in [2.75, 3.05) is 20.3 Å². The Labute approximate surface area is 122 Å². The van der Waals surface area contributed by atoms with Gasteiger partial charge in [0.05, 0.1) is 5.41 Å². The SMILES string of the molecule is COCc1noc(C2(c3ccc(F)cc3)CCOCC2)n1. The Morgan fingerprint density at radius 3 is 2.62 bits per heavy atom. The summed E-state index contributed by atoms with van der Waals surface area (Å²) in [5, 5.41) is 3.94. The van der Waals surface area contributed by atoms with Crippen LogP contribution in [0.25, 0.3) is 0 Å². The van der Waals surface area contributed by atoms with Crippen LogP contribution in [0.2, 0.25) is 0 Å². The number of nitrogens with zero attached hydrogens (tertiary/aromatic N) is 2. The maximum atomic E-state index is 13.2. The van der Waals surface area contributed by atoms with E-state index in [-0.39, 0.29) is 5.82 Å². The normalized spacial score (nSPS) is 17.8. The van der Waals surface area contributed by atoms with E-state index < -0.39 is 5.41 Å². The number of ether oxygens (including phenoxy) is 2. The summed E-state index contributed by atoms with van der Waals surface area (Å²) in [4.78, 5) is 4.44. The molecule has 1 aromatic heterocycles. The molecule has 0 atom stereocenters. The Hall–Kier alpha value is -1.79. The highest BCUT2D eigenvalue weighted by atomic mass is 19.1. The number of methoxy groups -OCH3 is 1. The molecule has 1 aliphatic heterocycles. The van der Waals surface area contributed by atoms with Crippen LogP contribution in [0.4, 0.5) is 4.39 Å². The molecular formula is C15H17FN2O3. The highest BCUT2D eigenvalue weighted by Gasteiger charge is 2.41.